The van der Waals surface area contributed by atoms with Crippen LogP contribution in [0.5, 0.6) is 0 Å². The molecule has 0 heterocycles. The number of rotatable bonds is 8. The van der Waals surface area contributed by atoms with Crippen LogP contribution < -0.4 is 10.6 Å². The first-order valence-corrected chi connectivity index (χ1v) is 9.29. The third-order valence-electron chi connectivity index (χ3n) is 4.19. The van der Waals surface area contributed by atoms with Crippen LogP contribution in [0.4, 0.5) is 10.1 Å². The summed E-state index contributed by atoms with van der Waals surface area (Å²) in [4.78, 5) is 36.7. The van der Waals surface area contributed by atoms with Gasteiger partial charge >= 0.3 is 5.97 Å². The zero-order valence-electron chi connectivity index (χ0n) is 16.6. The number of halogens is 1. The zero-order chi connectivity index (χ0) is 22.1. The van der Waals surface area contributed by atoms with Gasteiger partial charge in [-0.2, -0.15) is 5.26 Å². The Morgan fingerprint density at radius 1 is 1.10 bits per heavy atom. The van der Waals surface area contributed by atoms with E-state index < -0.39 is 36.2 Å². The van der Waals surface area contributed by atoms with Crippen molar-refractivity contribution in [2.45, 2.75) is 26.3 Å². The summed E-state index contributed by atoms with van der Waals surface area (Å²) >= 11 is 0. The Morgan fingerprint density at radius 3 is 2.37 bits per heavy atom. The average Bonchev–Trinajstić information content (AvgIpc) is 2.72. The highest BCUT2D eigenvalue weighted by Gasteiger charge is 2.27. The van der Waals surface area contributed by atoms with E-state index in [-0.39, 0.29) is 17.9 Å². The van der Waals surface area contributed by atoms with Crippen molar-refractivity contribution in [2.75, 3.05) is 11.9 Å². The molecule has 0 saturated carbocycles. The number of hydrogen-bond donors (Lipinski definition) is 2. The fourth-order valence-corrected chi connectivity index (χ4v) is 2.58. The average molecular weight is 411 g/mol. The zero-order valence-corrected chi connectivity index (χ0v) is 16.6. The summed E-state index contributed by atoms with van der Waals surface area (Å²) in [6, 6.07) is 13.1. The lowest BCUT2D eigenvalue weighted by Gasteiger charge is -2.21. The molecule has 2 N–H and O–H groups in total. The van der Waals surface area contributed by atoms with E-state index >= 15 is 0 Å². The van der Waals surface area contributed by atoms with Crippen LogP contribution in [0, 0.1) is 23.1 Å². The second-order valence-electron chi connectivity index (χ2n) is 6.86. The van der Waals surface area contributed by atoms with Gasteiger partial charge in [0.1, 0.15) is 11.9 Å². The number of anilines is 1. The second kappa shape index (κ2) is 10.7. The molecule has 0 aliphatic carbocycles. The lowest BCUT2D eigenvalue weighted by molar-refractivity contribution is -0.150. The molecule has 2 aromatic carbocycles. The fourth-order valence-electron chi connectivity index (χ4n) is 2.58. The number of carbonyl (C=O) groups is 3. The van der Waals surface area contributed by atoms with Crippen LogP contribution in [0.15, 0.2) is 48.5 Å². The van der Waals surface area contributed by atoms with E-state index in [0.717, 1.165) is 11.6 Å². The Kier molecular flexibility index (Phi) is 8.06. The van der Waals surface area contributed by atoms with Crippen molar-refractivity contribution in [1.82, 2.24) is 5.32 Å². The van der Waals surface area contributed by atoms with Gasteiger partial charge in [0.25, 0.3) is 11.8 Å². The molecular weight excluding hydrogens is 389 g/mol. The van der Waals surface area contributed by atoms with Crippen LogP contribution in [0.1, 0.15) is 29.8 Å². The van der Waals surface area contributed by atoms with Crippen molar-refractivity contribution in [3.05, 3.63) is 65.5 Å². The van der Waals surface area contributed by atoms with Crippen molar-refractivity contribution in [3.8, 4) is 6.07 Å². The maximum absolute atomic E-state index is 13.8. The van der Waals surface area contributed by atoms with E-state index in [2.05, 4.69) is 10.6 Å². The Balaban J connectivity index is 1.91. The number of hydrogen-bond acceptors (Lipinski definition) is 5. The quantitative estimate of drug-likeness (QED) is 0.650. The largest absolute Gasteiger partial charge is 0.454 e. The molecule has 2 aromatic rings. The van der Waals surface area contributed by atoms with Crippen LogP contribution in [-0.2, 0) is 20.7 Å². The van der Waals surface area contributed by atoms with E-state index in [1.54, 1.807) is 38.1 Å². The molecule has 0 radical (unpaired) electrons. The van der Waals surface area contributed by atoms with Crippen LogP contribution in [0.25, 0.3) is 0 Å². The van der Waals surface area contributed by atoms with Crippen molar-refractivity contribution in [1.29, 1.82) is 5.26 Å². The van der Waals surface area contributed by atoms with Crippen molar-refractivity contribution >= 4 is 23.5 Å². The Morgan fingerprint density at radius 2 is 1.77 bits per heavy atom. The molecule has 0 aliphatic rings. The number of nitriles is 1. The minimum atomic E-state index is -1.05. The number of ether oxygens (including phenoxy) is 1. The molecule has 0 spiro atoms. The van der Waals surface area contributed by atoms with Crippen LogP contribution >= 0.6 is 0 Å². The van der Waals surface area contributed by atoms with E-state index in [4.69, 9.17) is 10.00 Å². The summed E-state index contributed by atoms with van der Waals surface area (Å²) in [6.45, 7) is 2.84. The van der Waals surface area contributed by atoms with Gasteiger partial charge in [-0.05, 0) is 35.7 Å². The molecule has 0 aliphatic heterocycles. The van der Waals surface area contributed by atoms with Crippen molar-refractivity contribution in [2.24, 2.45) is 5.92 Å². The van der Waals surface area contributed by atoms with E-state index in [1.807, 2.05) is 6.07 Å². The van der Waals surface area contributed by atoms with Crippen LogP contribution in [0.2, 0.25) is 0 Å². The lowest BCUT2D eigenvalue weighted by Crippen LogP contribution is -2.46. The molecular formula is C22H22FN3O4. The van der Waals surface area contributed by atoms with Crippen LogP contribution in [-0.4, -0.2) is 30.4 Å². The third-order valence-corrected chi connectivity index (χ3v) is 4.19. The van der Waals surface area contributed by atoms with Gasteiger partial charge in [-0.1, -0.05) is 38.1 Å². The normalized spacial score (nSPS) is 11.3. The topological polar surface area (TPSA) is 108 Å². The molecule has 0 bridgehead atoms. The molecule has 2 amide bonds. The van der Waals surface area contributed by atoms with Gasteiger partial charge < -0.3 is 15.4 Å². The summed E-state index contributed by atoms with van der Waals surface area (Å²) in [6.07, 6.45) is 0.265. The number of benzene rings is 2. The molecule has 0 unspecified atom stereocenters. The Labute approximate surface area is 173 Å². The first-order valence-electron chi connectivity index (χ1n) is 9.29. The highest BCUT2D eigenvalue weighted by molar-refractivity contribution is 5.97. The predicted molar refractivity (Wildman–Crippen MR) is 108 cm³/mol. The molecule has 156 valence electrons. The number of carbonyl (C=O) groups excluding carboxylic acids is 3. The number of amides is 2. The second-order valence-corrected chi connectivity index (χ2v) is 6.86. The highest BCUT2D eigenvalue weighted by atomic mass is 19.1. The minimum Gasteiger partial charge on any atom is -0.454 e. The minimum absolute atomic E-state index is 0.187. The first-order chi connectivity index (χ1) is 14.3. The maximum atomic E-state index is 13.8. The van der Waals surface area contributed by atoms with E-state index in [0.29, 0.717) is 5.69 Å². The van der Waals surface area contributed by atoms with Gasteiger partial charge in [0.05, 0.1) is 18.1 Å². The van der Waals surface area contributed by atoms with Gasteiger partial charge in [-0.25, -0.2) is 9.18 Å². The van der Waals surface area contributed by atoms with E-state index in [1.165, 1.54) is 18.2 Å². The Hall–Kier alpha value is -3.73. The molecule has 7 nitrogen and oxygen atoms in total. The maximum Gasteiger partial charge on any atom is 0.329 e. The SMILES string of the molecule is CC(C)[C@H](NC(=O)c1ccccc1F)C(=O)OCC(=O)Nc1ccc(CC#N)cc1. The Bertz CT molecular complexity index is 952. The van der Waals surface area contributed by atoms with Gasteiger partial charge in [0, 0.05) is 5.69 Å². The fraction of sp³-hybridized carbons (Fsp3) is 0.273. The summed E-state index contributed by atoms with van der Waals surface area (Å²) in [5, 5.41) is 13.7. The number of esters is 1. The predicted octanol–water partition coefficient (Wildman–Crippen LogP) is 2.83. The van der Waals surface area contributed by atoms with Gasteiger partial charge in [-0.15, -0.1) is 0 Å². The van der Waals surface area contributed by atoms with E-state index in [9.17, 15) is 18.8 Å². The first kappa shape index (κ1) is 22.6. The molecule has 8 heteroatoms. The smallest absolute Gasteiger partial charge is 0.329 e. The number of nitrogens with one attached hydrogen (secondary N) is 2. The summed E-state index contributed by atoms with van der Waals surface area (Å²) in [5.74, 6) is -3.14. The molecule has 1 atom stereocenters. The van der Waals surface area contributed by atoms with Gasteiger partial charge in [0.2, 0.25) is 0 Å². The van der Waals surface area contributed by atoms with Crippen LogP contribution in [0.3, 0.4) is 0 Å². The van der Waals surface area contributed by atoms with Gasteiger partial charge in [0.15, 0.2) is 6.61 Å². The van der Waals surface area contributed by atoms with Crippen molar-refractivity contribution in [3.63, 3.8) is 0 Å². The standard InChI is InChI=1S/C22H22FN3O4/c1-14(2)20(26-21(28)17-5-3-4-6-18(17)23)22(29)30-13-19(27)25-16-9-7-15(8-10-16)11-12-24/h3-10,14,20H,11,13H2,1-2H3,(H,25,27)(H,26,28)/t20-/m0/s1. The summed E-state index contributed by atoms with van der Waals surface area (Å²) in [7, 11) is 0. The summed E-state index contributed by atoms with van der Waals surface area (Å²) < 4.78 is 18.8. The third kappa shape index (κ3) is 6.41. The molecule has 0 saturated heterocycles. The van der Waals surface area contributed by atoms with Gasteiger partial charge in [-0.3, -0.25) is 9.59 Å². The lowest BCUT2D eigenvalue weighted by atomic mass is 10.0. The molecule has 0 aromatic heterocycles. The molecule has 2 rings (SSSR count). The highest BCUT2D eigenvalue weighted by Crippen LogP contribution is 2.11. The number of nitrogens with zero attached hydrogens (tertiary/aromatic N) is 1. The summed E-state index contributed by atoms with van der Waals surface area (Å²) in [5.41, 5.74) is 1.12. The monoisotopic (exact) mass is 411 g/mol. The molecule has 0 fully saturated rings. The molecule has 30 heavy (non-hydrogen) atoms. The van der Waals surface area contributed by atoms with Crippen molar-refractivity contribution < 1.29 is 23.5 Å².